The Labute approximate surface area is 193 Å². The molecule has 0 radical (unpaired) electrons. The lowest BCUT2D eigenvalue weighted by molar-refractivity contribution is -0.144. The minimum atomic E-state index is -4.43. The second kappa shape index (κ2) is 9.82. The van der Waals surface area contributed by atoms with E-state index in [-0.39, 0.29) is 31.6 Å². The van der Waals surface area contributed by atoms with Crippen LogP contribution in [0.25, 0.3) is 11.1 Å². The third-order valence-electron chi connectivity index (χ3n) is 5.85. The van der Waals surface area contributed by atoms with Crippen LogP contribution in [0.5, 0.6) is 0 Å². The Morgan fingerprint density at radius 2 is 1.53 bits per heavy atom. The van der Waals surface area contributed by atoms with Gasteiger partial charge in [0, 0.05) is 31.6 Å². The van der Waals surface area contributed by atoms with E-state index >= 15 is 0 Å². The summed E-state index contributed by atoms with van der Waals surface area (Å²) in [5.74, 6) is 4.74. The number of carbonyl (C=O) groups excluding carboxylic acids is 2. The van der Waals surface area contributed by atoms with Gasteiger partial charge in [-0.3, -0.25) is 14.6 Å². The molecule has 182 valence electrons. The molecule has 8 nitrogen and oxygen atoms in total. The molecule has 1 saturated heterocycles. The van der Waals surface area contributed by atoms with Gasteiger partial charge in [-0.2, -0.15) is 13.2 Å². The van der Waals surface area contributed by atoms with Crippen molar-refractivity contribution in [3.05, 3.63) is 59.7 Å². The SMILES string of the molecule is CC(C(=O)c1ccc(-c2ccc(C(F)(F)F)cc2)cc1)N(N)C(=O)C1(NC(=O)O)CCOCC1. The number of ether oxygens (including phenoxy) is 1. The first-order valence-electron chi connectivity index (χ1n) is 10.4. The molecule has 2 aromatic carbocycles. The Kier molecular flexibility index (Phi) is 7.27. The van der Waals surface area contributed by atoms with Crippen molar-refractivity contribution in [1.82, 2.24) is 10.3 Å². The van der Waals surface area contributed by atoms with Gasteiger partial charge in [0.1, 0.15) is 11.6 Å². The average Bonchev–Trinajstić information content (AvgIpc) is 2.82. The van der Waals surface area contributed by atoms with E-state index in [1.54, 1.807) is 12.1 Å². The van der Waals surface area contributed by atoms with Crippen molar-refractivity contribution in [2.75, 3.05) is 13.2 Å². The van der Waals surface area contributed by atoms with Crippen LogP contribution in [0.2, 0.25) is 0 Å². The Morgan fingerprint density at radius 1 is 1.03 bits per heavy atom. The van der Waals surface area contributed by atoms with Crippen molar-refractivity contribution in [2.24, 2.45) is 5.84 Å². The number of ketones is 1. The smallest absolute Gasteiger partial charge is 0.416 e. The molecule has 1 atom stereocenters. The number of hydrazine groups is 1. The summed E-state index contributed by atoms with van der Waals surface area (Å²) in [4.78, 5) is 37.3. The summed E-state index contributed by atoms with van der Waals surface area (Å²) in [6, 6.07) is 9.68. The average molecular weight is 479 g/mol. The van der Waals surface area contributed by atoms with Gasteiger partial charge < -0.3 is 15.2 Å². The first-order valence-corrected chi connectivity index (χ1v) is 10.4. The van der Waals surface area contributed by atoms with Crippen LogP contribution in [0.4, 0.5) is 18.0 Å². The number of nitrogens with zero attached hydrogens (tertiary/aromatic N) is 1. The summed E-state index contributed by atoms with van der Waals surface area (Å²) in [5, 5.41) is 12.1. The highest BCUT2D eigenvalue weighted by Gasteiger charge is 2.45. The lowest BCUT2D eigenvalue weighted by Crippen LogP contribution is -2.65. The zero-order valence-corrected chi connectivity index (χ0v) is 18.3. The van der Waals surface area contributed by atoms with Gasteiger partial charge in [0.15, 0.2) is 5.78 Å². The van der Waals surface area contributed by atoms with Crippen molar-refractivity contribution < 1.29 is 37.4 Å². The van der Waals surface area contributed by atoms with Crippen molar-refractivity contribution in [1.29, 1.82) is 0 Å². The molecule has 0 saturated carbocycles. The van der Waals surface area contributed by atoms with Crippen LogP contribution in [0.15, 0.2) is 48.5 Å². The van der Waals surface area contributed by atoms with E-state index in [1.165, 1.54) is 31.2 Å². The maximum absolute atomic E-state index is 13.1. The number of carbonyl (C=O) groups is 3. The summed E-state index contributed by atoms with van der Waals surface area (Å²) >= 11 is 0. The van der Waals surface area contributed by atoms with Crippen LogP contribution in [0, 0.1) is 0 Å². The molecular weight excluding hydrogens is 455 g/mol. The first-order chi connectivity index (χ1) is 15.9. The number of rotatable bonds is 6. The number of alkyl halides is 3. The van der Waals surface area contributed by atoms with Crippen LogP contribution in [-0.2, 0) is 15.7 Å². The number of hydrogen-bond acceptors (Lipinski definition) is 5. The fourth-order valence-corrected chi connectivity index (χ4v) is 3.79. The highest BCUT2D eigenvalue weighted by molar-refractivity contribution is 6.03. The largest absolute Gasteiger partial charge is 0.465 e. The standard InChI is InChI=1S/C23H24F3N3O5/c1-14(29(27)20(31)22(28-21(32)33)10-12-34-13-11-22)19(30)17-4-2-15(3-5-17)16-6-8-18(9-7-16)23(24,25)26/h2-9,14,28H,10-13,27H2,1H3,(H,32,33). The van der Waals surface area contributed by atoms with Crippen LogP contribution in [-0.4, -0.2) is 52.7 Å². The quantitative estimate of drug-likeness (QED) is 0.253. The van der Waals surface area contributed by atoms with Crippen LogP contribution >= 0.6 is 0 Å². The molecule has 34 heavy (non-hydrogen) atoms. The molecule has 2 amide bonds. The zero-order chi connectivity index (χ0) is 25.1. The number of hydrogen-bond donors (Lipinski definition) is 3. The third-order valence-corrected chi connectivity index (χ3v) is 5.85. The summed E-state index contributed by atoms with van der Waals surface area (Å²) in [7, 11) is 0. The second-order valence-electron chi connectivity index (χ2n) is 8.03. The number of halogens is 3. The Bertz CT molecular complexity index is 1050. The van der Waals surface area contributed by atoms with Gasteiger partial charge in [0.05, 0.1) is 5.56 Å². The molecule has 11 heteroatoms. The van der Waals surface area contributed by atoms with Crippen LogP contribution < -0.4 is 11.2 Å². The van der Waals surface area contributed by atoms with Crippen LogP contribution in [0.1, 0.15) is 35.7 Å². The second-order valence-corrected chi connectivity index (χ2v) is 8.03. The molecule has 0 aromatic heterocycles. The maximum Gasteiger partial charge on any atom is 0.416 e. The highest BCUT2D eigenvalue weighted by Crippen LogP contribution is 2.31. The van der Waals surface area contributed by atoms with Crippen molar-refractivity contribution >= 4 is 17.8 Å². The topological polar surface area (TPSA) is 122 Å². The van der Waals surface area contributed by atoms with Gasteiger partial charge in [0.2, 0.25) is 0 Å². The first kappa shape index (κ1) is 25.2. The minimum Gasteiger partial charge on any atom is -0.465 e. The Hall–Kier alpha value is -3.44. The summed E-state index contributed by atoms with van der Waals surface area (Å²) in [5.41, 5.74) is -0.870. The molecule has 0 spiro atoms. The number of carboxylic acid groups (broad SMARTS) is 1. The normalized spacial score (nSPS) is 16.4. The summed E-state index contributed by atoms with van der Waals surface area (Å²) in [6.07, 6.45) is -5.66. The zero-order valence-electron chi connectivity index (χ0n) is 18.3. The van der Waals surface area contributed by atoms with Gasteiger partial charge in [0.25, 0.3) is 5.91 Å². The molecule has 2 aromatic rings. The van der Waals surface area contributed by atoms with E-state index in [1.807, 2.05) is 0 Å². The number of Topliss-reactive ketones (excluding diaryl/α,β-unsaturated/α-hetero) is 1. The van der Waals surface area contributed by atoms with E-state index < -0.39 is 41.1 Å². The van der Waals surface area contributed by atoms with E-state index in [0.717, 1.165) is 17.1 Å². The lowest BCUT2D eigenvalue weighted by Gasteiger charge is -2.39. The fourth-order valence-electron chi connectivity index (χ4n) is 3.79. The Balaban J connectivity index is 1.74. The summed E-state index contributed by atoms with van der Waals surface area (Å²) < 4.78 is 43.5. The molecule has 1 fully saturated rings. The Morgan fingerprint density at radius 3 is 2.00 bits per heavy atom. The summed E-state index contributed by atoms with van der Waals surface area (Å²) in [6.45, 7) is 1.75. The van der Waals surface area contributed by atoms with Crippen LogP contribution in [0.3, 0.4) is 0 Å². The van der Waals surface area contributed by atoms with E-state index in [4.69, 9.17) is 10.6 Å². The molecular formula is C23H24F3N3O5. The number of nitrogens with one attached hydrogen (secondary N) is 1. The molecule has 0 bridgehead atoms. The molecule has 1 heterocycles. The fraction of sp³-hybridized carbons (Fsp3) is 0.348. The van der Waals surface area contributed by atoms with E-state index in [9.17, 15) is 32.7 Å². The molecule has 1 aliphatic heterocycles. The van der Waals surface area contributed by atoms with Gasteiger partial charge in [-0.1, -0.05) is 36.4 Å². The van der Waals surface area contributed by atoms with E-state index in [2.05, 4.69) is 5.32 Å². The predicted molar refractivity (Wildman–Crippen MR) is 116 cm³/mol. The predicted octanol–water partition coefficient (Wildman–Crippen LogP) is 3.46. The van der Waals surface area contributed by atoms with Gasteiger partial charge in [-0.05, 0) is 30.2 Å². The molecule has 1 aliphatic rings. The lowest BCUT2D eigenvalue weighted by atomic mass is 9.88. The molecule has 3 rings (SSSR count). The maximum atomic E-state index is 13.1. The van der Waals surface area contributed by atoms with E-state index in [0.29, 0.717) is 11.1 Å². The van der Waals surface area contributed by atoms with Gasteiger partial charge in [-0.15, -0.1) is 0 Å². The van der Waals surface area contributed by atoms with Crippen molar-refractivity contribution in [2.45, 2.75) is 37.5 Å². The molecule has 4 N–H and O–H groups in total. The highest BCUT2D eigenvalue weighted by atomic mass is 19.4. The molecule has 1 unspecified atom stereocenters. The number of benzene rings is 2. The van der Waals surface area contributed by atoms with Crippen molar-refractivity contribution in [3.8, 4) is 11.1 Å². The monoisotopic (exact) mass is 479 g/mol. The number of nitrogens with two attached hydrogens (primary N) is 1. The third kappa shape index (κ3) is 5.37. The minimum absolute atomic E-state index is 0.0779. The van der Waals surface area contributed by atoms with Crippen molar-refractivity contribution in [3.63, 3.8) is 0 Å². The van der Waals surface area contributed by atoms with Gasteiger partial charge in [-0.25, -0.2) is 10.6 Å². The molecule has 0 aliphatic carbocycles. The number of amides is 2. The van der Waals surface area contributed by atoms with Gasteiger partial charge >= 0.3 is 12.3 Å².